The summed E-state index contributed by atoms with van der Waals surface area (Å²) in [5, 5.41) is 0. The van der Waals surface area contributed by atoms with Crippen LogP contribution in [0.25, 0.3) is 6.08 Å². The van der Waals surface area contributed by atoms with E-state index in [1.807, 2.05) is 60.9 Å². The fourth-order valence-corrected chi connectivity index (χ4v) is 2.38. The molecule has 0 fully saturated rings. The first-order valence-corrected chi connectivity index (χ1v) is 7.71. The van der Waals surface area contributed by atoms with Crippen molar-refractivity contribution < 1.29 is 9.53 Å². The molecule has 0 bridgehead atoms. The maximum atomic E-state index is 11.9. The highest BCUT2D eigenvalue weighted by Crippen LogP contribution is 2.20. The van der Waals surface area contributed by atoms with Crippen molar-refractivity contribution in [2.75, 3.05) is 6.26 Å². The summed E-state index contributed by atoms with van der Waals surface area (Å²) in [5.41, 5.74) is 2.05. The van der Waals surface area contributed by atoms with Crippen molar-refractivity contribution in [3.63, 3.8) is 0 Å². The molecule has 0 saturated heterocycles. The van der Waals surface area contributed by atoms with Gasteiger partial charge in [-0.1, -0.05) is 30.3 Å². The summed E-state index contributed by atoms with van der Waals surface area (Å²) in [4.78, 5) is 17.3. The van der Waals surface area contributed by atoms with Gasteiger partial charge in [-0.05, 0) is 42.2 Å². The number of esters is 1. The van der Waals surface area contributed by atoms with Crippen LogP contribution in [0.1, 0.15) is 11.1 Å². The van der Waals surface area contributed by atoms with E-state index in [-0.39, 0.29) is 0 Å². The lowest BCUT2D eigenvalue weighted by Crippen LogP contribution is -2.04. The van der Waals surface area contributed by atoms with Crippen LogP contribution >= 0.6 is 11.8 Å². The fourth-order valence-electron chi connectivity index (χ4n) is 1.97. The maximum absolute atomic E-state index is 11.9. The van der Waals surface area contributed by atoms with E-state index in [2.05, 4.69) is 4.99 Å². The molecule has 0 amide bonds. The van der Waals surface area contributed by atoms with E-state index < -0.39 is 5.97 Å². The van der Waals surface area contributed by atoms with E-state index in [0.717, 1.165) is 11.1 Å². The average Bonchev–Trinajstić information content (AvgIpc) is 2.90. The Morgan fingerprint density at radius 2 is 1.76 bits per heavy atom. The molecule has 1 aliphatic heterocycles. The zero-order chi connectivity index (χ0) is 14.7. The van der Waals surface area contributed by atoms with Crippen LogP contribution in [0.5, 0.6) is 0 Å². The normalized spacial score (nSPS) is 16.0. The van der Waals surface area contributed by atoms with Crippen LogP contribution in [0.4, 0.5) is 0 Å². The number of hydrogen-bond donors (Lipinski definition) is 0. The van der Waals surface area contributed by atoms with E-state index in [0.29, 0.717) is 11.6 Å². The molecule has 4 heteroatoms. The average molecular weight is 295 g/mol. The van der Waals surface area contributed by atoms with Gasteiger partial charge in [0.15, 0.2) is 5.70 Å². The number of carbonyl (C=O) groups is 1. The minimum atomic E-state index is -0.414. The second-order valence-electron chi connectivity index (χ2n) is 4.48. The number of aliphatic imine (C=N–C) groups is 1. The van der Waals surface area contributed by atoms with E-state index in [1.54, 1.807) is 17.8 Å². The van der Waals surface area contributed by atoms with E-state index >= 15 is 0 Å². The molecule has 21 heavy (non-hydrogen) atoms. The van der Waals surface area contributed by atoms with E-state index in [9.17, 15) is 4.79 Å². The molecule has 1 aliphatic rings. The Labute approximate surface area is 127 Å². The minimum absolute atomic E-state index is 0.325. The number of rotatable bonds is 3. The number of carbonyl (C=O) groups excluding carboxylic acids is 1. The monoisotopic (exact) mass is 295 g/mol. The highest BCUT2D eigenvalue weighted by molar-refractivity contribution is 7.98. The van der Waals surface area contributed by atoms with Gasteiger partial charge in [-0.25, -0.2) is 9.79 Å². The lowest BCUT2D eigenvalue weighted by atomic mass is 10.2. The van der Waals surface area contributed by atoms with Crippen LogP contribution in [0.15, 0.2) is 70.2 Å². The van der Waals surface area contributed by atoms with E-state index in [4.69, 9.17) is 4.74 Å². The highest BCUT2D eigenvalue weighted by atomic mass is 32.2. The number of thioether (sulfide) groups is 1. The number of cyclic esters (lactones) is 1. The molecule has 0 N–H and O–H groups in total. The molecule has 0 unspecified atom stereocenters. The van der Waals surface area contributed by atoms with Gasteiger partial charge in [0.1, 0.15) is 0 Å². The predicted molar refractivity (Wildman–Crippen MR) is 85.3 cm³/mol. The summed E-state index contributed by atoms with van der Waals surface area (Å²) >= 11 is 1.68. The molecule has 3 nitrogen and oxygen atoms in total. The molecular formula is C17H13NO2S. The molecular weight excluding hydrogens is 282 g/mol. The zero-order valence-corrected chi connectivity index (χ0v) is 12.3. The molecule has 0 aromatic heterocycles. The van der Waals surface area contributed by atoms with E-state index in [1.165, 1.54) is 4.90 Å². The molecule has 2 aromatic carbocycles. The topological polar surface area (TPSA) is 38.7 Å². The Bertz CT molecular complexity index is 718. The van der Waals surface area contributed by atoms with Gasteiger partial charge in [0.05, 0.1) is 0 Å². The molecule has 104 valence electrons. The first-order valence-electron chi connectivity index (χ1n) is 6.48. The maximum Gasteiger partial charge on any atom is 0.363 e. The lowest BCUT2D eigenvalue weighted by Gasteiger charge is -1.97. The van der Waals surface area contributed by atoms with Gasteiger partial charge in [-0.2, -0.15) is 0 Å². The van der Waals surface area contributed by atoms with Gasteiger partial charge in [0, 0.05) is 10.5 Å². The number of ether oxygens (including phenoxy) is 1. The van der Waals surface area contributed by atoms with Crippen LogP contribution in [0, 0.1) is 0 Å². The van der Waals surface area contributed by atoms with Crippen molar-refractivity contribution in [2.24, 2.45) is 4.99 Å². The van der Waals surface area contributed by atoms with Gasteiger partial charge in [-0.3, -0.25) is 0 Å². The second kappa shape index (κ2) is 5.97. The third-order valence-corrected chi connectivity index (χ3v) is 3.80. The number of benzene rings is 2. The Morgan fingerprint density at radius 1 is 1.05 bits per heavy atom. The molecule has 3 rings (SSSR count). The molecule has 0 spiro atoms. The van der Waals surface area contributed by atoms with Gasteiger partial charge in [0.2, 0.25) is 5.90 Å². The van der Waals surface area contributed by atoms with Crippen LogP contribution in [0.2, 0.25) is 0 Å². The van der Waals surface area contributed by atoms with Crippen LogP contribution in [0.3, 0.4) is 0 Å². The summed E-state index contributed by atoms with van der Waals surface area (Å²) in [5.74, 6) is -0.0598. The molecule has 1 heterocycles. The first-order chi connectivity index (χ1) is 10.3. The van der Waals surface area contributed by atoms with Crippen molar-refractivity contribution in [2.45, 2.75) is 4.90 Å². The smallest absolute Gasteiger partial charge is 0.363 e. The molecule has 0 saturated carbocycles. The van der Waals surface area contributed by atoms with Crippen LogP contribution in [-0.2, 0) is 9.53 Å². The first kappa shape index (κ1) is 13.6. The SMILES string of the molecule is CSc1ccc(/C=C2\N=C(c3ccccc3)OC2=O)cc1. The summed E-state index contributed by atoms with van der Waals surface area (Å²) in [6.07, 6.45) is 3.76. The van der Waals surface area contributed by atoms with Crippen LogP contribution in [-0.4, -0.2) is 18.1 Å². The van der Waals surface area contributed by atoms with Crippen molar-refractivity contribution in [3.05, 3.63) is 71.4 Å². The standard InChI is InChI=1S/C17H13NO2S/c1-21-14-9-7-12(8-10-14)11-15-17(19)20-16(18-15)13-5-3-2-4-6-13/h2-11H,1H3/b15-11-. The molecule has 0 aliphatic carbocycles. The second-order valence-corrected chi connectivity index (χ2v) is 5.35. The Hall–Kier alpha value is -2.33. The Balaban J connectivity index is 1.89. The van der Waals surface area contributed by atoms with Gasteiger partial charge in [-0.15, -0.1) is 11.8 Å². The highest BCUT2D eigenvalue weighted by Gasteiger charge is 2.23. The zero-order valence-electron chi connectivity index (χ0n) is 11.4. The van der Waals surface area contributed by atoms with Crippen LogP contribution < -0.4 is 0 Å². The quantitative estimate of drug-likeness (QED) is 0.492. The Kier molecular flexibility index (Phi) is 3.88. The Morgan fingerprint density at radius 3 is 2.43 bits per heavy atom. The van der Waals surface area contributed by atoms with Crippen molar-refractivity contribution in [1.82, 2.24) is 0 Å². The summed E-state index contributed by atoms with van der Waals surface area (Å²) in [7, 11) is 0. The van der Waals surface area contributed by atoms with Gasteiger partial charge >= 0.3 is 5.97 Å². The summed E-state index contributed by atoms with van der Waals surface area (Å²) in [6.45, 7) is 0. The number of nitrogens with zero attached hydrogens (tertiary/aromatic N) is 1. The summed E-state index contributed by atoms with van der Waals surface area (Å²) < 4.78 is 5.22. The summed E-state index contributed by atoms with van der Waals surface area (Å²) in [6, 6.07) is 17.3. The van der Waals surface area contributed by atoms with Crippen molar-refractivity contribution in [1.29, 1.82) is 0 Å². The largest absolute Gasteiger partial charge is 0.402 e. The third-order valence-electron chi connectivity index (χ3n) is 3.06. The fraction of sp³-hybridized carbons (Fsp3) is 0.0588. The molecule has 2 aromatic rings. The molecule has 0 atom stereocenters. The lowest BCUT2D eigenvalue weighted by molar-refractivity contribution is -0.129. The number of hydrogen-bond acceptors (Lipinski definition) is 4. The minimum Gasteiger partial charge on any atom is -0.402 e. The van der Waals surface area contributed by atoms with Crippen molar-refractivity contribution >= 4 is 29.7 Å². The van der Waals surface area contributed by atoms with Gasteiger partial charge in [0.25, 0.3) is 0 Å². The molecule has 0 radical (unpaired) electrons. The van der Waals surface area contributed by atoms with Crippen molar-refractivity contribution in [3.8, 4) is 0 Å². The predicted octanol–water partition coefficient (Wildman–Crippen LogP) is 3.75. The van der Waals surface area contributed by atoms with Gasteiger partial charge < -0.3 is 4.74 Å². The third kappa shape index (κ3) is 3.06.